The van der Waals surface area contributed by atoms with Gasteiger partial charge in [-0.05, 0) is 25.1 Å². The Bertz CT molecular complexity index is 420. The van der Waals surface area contributed by atoms with Crippen LogP contribution in [0.25, 0.3) is 0 Å². The van der Waals surface area contributed by atoms with Crippen LogP contribution in [-0.4, -0.2) is 18.7 Å². The lowest BCUT2D eigenvalue weighted by Crippen LogP contribution is -2.25. The van der Waals surface area contributed by atoms with Gasteiger partial charge in [0.25, 0.3) is 6.02 Å². The van der Waals surface area contributed by atoms with E-state index in [9.17, 15) is 4.39 Å². The number of anilines is 2. The molecule has 1 aromatic rings. The Kier molecular flexibility index (Phi) is 2.94. The molecule has 0 radical (unpaired) electrons. The van der Waals surface area contributed by atoms with Crippen LogP contribution in [0.15, 0.2) is 23.2 Å². The van der Waals surface area contributed by atoms with Crippen molar-refractivity contribution in [2.75, 3.05) is 17.7 Å². The third-order valence-electron chi connectivity index (χ3n) is 2.34. The Hall–Kier alpha value is -1.78. The fraction of sp³-hybridized carbons (Fsp3) is 0.364. The van der Waals surface area contributed by atoms with Gasteiger partial charge in [0.05, 0.1) is 18.3 Å². The van der Waals surface area contributed by atoms with Gasteiger partial charge in [0.15, 0.2) is 0 Å². The van der Waals surface area contributed by atoms with Crippen LogP contribution in [0, 0.1) is 5.82 Å². The molecule has 5 heteroatoms. The minimum atomic E-state index is -0.376. The van der Waals surface area contributed by atoms with E-state index in [-0.39, 0.29) is 17.5 Å². The van der Waals surface area contributed by atoms with Gasteiger partial charge in [0.1, 0.15) is 5.82 Å². The maximum absolute atomic E-state index is 13.4. The van der Waals surface area contributed by atoms with Gasteiger partial charge < -0.3 is 15.8 Å². The molecule has 0 saturated carbocycles. The molecular weight excluding hydrogens is 209 g/mol. The van der Waals surface area contributed by atoms with E-state index < -0.39 is 0 Å². The van der Waals surface area contributed by atoms with Crippen molar-refractivity contribution in [3.05, 3.63) is 24.0 Å². The van der Waals surface area contributed by atoms with Crippen LogP contribution in [0.4, 0.5) is 15.8 Å². The lowest BCUT2D eigenvalue weighted by Gasteiger charge is -2.19. The van der Waals surface area contributed by atoms with Crippen molar-refractivity contribution < 1.29 is 9.13 Å². The quantitative estimate of drug-likeness (QED) is 0.716. The molecule has 0 spiro atoms. The van der Waals surface area contributed by atoms with Gasteiger partial charge in [-0.25, -0.2) is 9.38 Å². The summed E-state index contributed by atoms with van der Waals surface area (Å²) in [7, 11) is 0. The number of aliphatic imine (C=N–C) groups is 1. The van der Waals surface area contributed by atoms with E-state index in [2.05, 4.69) is 10.3 Å². The van der Waals surface area contributed by atoms with E-state index in [1.54, 1.807) is 0 Å². The lowest BCUT2D eigenvalue weighted by molar-refractivity contribution is 0.263. The number of ether oxygens (including phenoxy) is 1. The molecule has 1 aliphatic rings. The van der Waals surface area contributed by atoms with E-state index in [4.69, 9.17) is 10.5 Å². The highest BCUT2D eigenvalue weighted by Crippen LogP contribution is 2.18. The van der Waals surface area contributed by atoms with Gasteiger partial charge in [0, 0.05) is 12.1 Å². The smallest absolute Gasteiger partial charge is 0.289 e. The van der Waals surface area contributed by atoms with Crippen LogP contribution >= 0.6 is 0 Å². The van der Waals surface area contributed by atoms with E-state index in [0.717, 1.165) is 6.42 Å². The molecule has 0 unspecified atom stereocenters. The second-order valence-electron chi connectivity index (χ2n) is 3.78. The van der Waals surface area contributed by atoms with Crippen LogP contribution in [0.3, 0.4) is 0 Å². The molecule has 1 aromatic carbocycles. The summed E-state index contributed by atoms with van der Waals surface area (Å²) in [6, 6.07) is 4.88. The van der Waals surface area contributed by atoms with E-state index in [0.29, 0.717) is 18.3 Å². The molecule has 0 aliphatic carbocycles. The van der Waals surface area contributed by atoms with Crippen molar-refractivity contribution in [1.29, 1.82) is 0 Å². The summed E-state index contributed by atoms with van der Waals surface area (Å²) < 4.78 is 18.7. The van der Waals surface area contributed by atoms with Gasteiger partial charge in [-0.2, -0.15) is 0 Å². The summed E-state index contributed by atoms with van der Waals surface area (Å²) in [6.45, 7) is 2.58. The maximum atomic E-state index is 13.4. The zero-order valence-electron chi connectivity index (χ0n) is 9.03. The monoisotopic (exact) mass is 223 g/mol. The number of nitrogen functional groups attached to an aromatic ring is 1. The average molecular weight is 223 g/mol. The molecule has 0 amide bonds. The Morgan fingerprint density at radius 3 is 3.12 bits per heavy atom. The van der Waals surface area contributed by atoms with Crippen LogP contribution in [-0.2, 0) is 4.74 Å². The number of hydrogen-bond acceptors (Lipinski definition) is 4. The highest BCUT2D eigenvalue weighted by atomic mass is 19.1. The van der Waals surface area contributed by atoms with Crippen molar-refractivity contribution in [2.45, 2.75) is 19.4 Å². The van der Waals surface area contributed by atoms with Crippen molar-refractivity contribution >= 4 is 17.4 Å². The Morgan fingerprint density at radius 2 is 2.38 bits per heavy atom. The number of nitrogens with zero attached hydrogens (tertiary/aromatic N) is 1. The summed E-state index contributed by atoms with van der Waals surface area (Å²) in [6.07, 6.45) is 0.880. The van der Waals surface area contributed by atoms with Gasteiger partial charge >= 0.3 is 0 Å². The highest BCUT2D eigenvalue weighted by molar-refractivity contribution is 5.90. The molecule has 0 bridgehead atoms. The molecule has 0 fully saturated rings. The van der Waals surface area contributed by atoms with E-state index in [1.807, 2.05) is 6.92 Å². The molecule has 3 N–H and O–H groups in total. The first-order valence-electron chi connectivity index (χ1n) is 5.18. The zero-order chi connectivity index (χ0) is 11.5. The fourth-order valence-corrected chi connectivity index (χ4v) is 1.45. The number of amidine groups is 1. The van der Waals surface area contributed by atoms with E-state index in [1.165, 1.54) is 18.2 Å². The Morgan fingerprint density at radius 1 is 1.56 bits per heavy atom. The molecule has 0 aromatic heterocycles. The predicted molar refractivity (Wildman–Crippen MR) is 61.9 cm³/mol. The predicted octanol–water partition coefficient (Wildman–Crippen LogP) is 1.98. The first-order valence-corrected chi connectivity index (χ1v) is 5.18. The Balaban J connectivity index is 2.17. The first kappa shape index (κ1) is 10.7. The van der Waals surface area contributed by atoms with Crippen LogP contribution < -0.4 is 11.1 Å². The molecule has 0 saturated heterocycles. The van der Waals surface area contributed by atoms with Gasteiger partial charge in [-0.3, -0.25) is 0 Å². The minimum Gasteiger partial charge on any atom is -0.465 e. The third-order valence-corrected chi connectivity index (χ3v) is 2.34. The SMILES string of the molecule is C[C@H]1CCOC(Nc2cc(N)ccc2F)=N1. The minimum absolute atomic E-state index is 0.195. The second-order valence-corrected chi connectivity index (χ2v) is 3.78. The zero-order valence-corrected chi connectivity index (χ0v) is 9.03. The largest absolute Gasteiger partial charge is 0.465 e. The summed E-state index contributed by atoms with van der Waals surface area (Å²) in [4.78, 5) is 4.22. The van der Waals surface area contributed by atoms with Crippen LogP contribution in [0.2, 0.25) is 0 Å². The van der Waals surface area contributed by atoms with E-state index >= 15 is 0 Å². The second kappa shape index (κ2) is 4.38. The molecule has 1 heterocycles. The molecule has 1 aliphatic heterocycles. The molecule has 2 rings (SSSR count). The number of hydrogen-bond donors (Lipinski definition) is 2. The standard InChI is InChI=1S/C11H14FN3O/c1-7-4-5-16-11(14-7)15-10-6-8(13)2-3-9(10)12/h2-3,6-7H,4-5,13H2,1H3,(H,14,15)/t7-/m0/s1. The van der Waals surface area contributed by atoms with Gasteiger partial charge in [0.2, 0.25) is 0 Å². The number of rotatable bonds is 1. The fourth-order valence-electron chi connectivity index (χ4n) is 1.45. The van der Waals surface area contributed by atoms with Crippen LogP contribution in [0.1, 0.15) is 13.3 Å². The number of nitrogens with two attached hydrogens (primary N) is 1. The average Bonchev–Trinajstić information content (AvgIpc) is 2.24. The molecule has 1 atom stereocenters. The summed E-state index contributed by atoms with van der Waals surface area (Å²) >= 11 is 0. The number of benzene rings is 1. The van der Waals surface area contributed by atoms with Crippen LogP contribution in [0.5, 0.6) is 0 Å². The molecule has 16 heavy (non-hydrogen) atoms. The summed E-state index contributed by atoms with van der Waals surface area (Å²) in [5.74, 6) is -0.376. The number of halogens is 1. The normalized spacial score (nSPS) is 19.9. The molecule has 86 valence electrons. The van der Waals surface area contributed by atoms with Crippen molar-refractivity contribution in [3.8, 4) is 0 Å². The lowest BCUT2D eigenvalue weighted by atomic mass is 10.2. The topological polar surface area (TPSA) is 59.6 Å². The first-order chi connectivity index (χ1) is 7.65. The maximum Gasteiger partial charge on any atom is 0.289 e. The highest BCUT2D eigenvalue weighted by Gasteiger charge is 2.13. The summed E-state index contributed by atoms with van der Waals surface area (Å²) in [5.41, 5.74) is 6.35. The summed E-state index contributed by atoms with van der Waals surface area (Å²) in [5, 5.41) is 2.79. The Labute approximate surface area is 93.3 Å². The van der Waals surface area contributed by atoms with Gasteiger partial charge in [-0.1, -0.05) is 0 Å². The molecule has 4 nitrogen and oxygen atoms in total. The third kappa shape index (κ3) is 2.42. The van der Waals surface area contributed by atoms with Gasteiger partial charge in [-0.15, -0.1) is 0 Å². The number of nitrogens with one attached hydrogen (secondary N) is 1. The van der Waals surface area contributed by atoms with Crippen molar-refractivity contribution in [1.82, 2.24) is 0 Å². The molecular formula is C11H14FN3O. The van der Waals surface area contributed by atoms with Crippen molar-refractivity contribution in [2.24, 2.45) is 4.99 Å². The van der Waals surface area contributed by atoms with Crippen molar-refractivity contribution in [3.63, 3.8) is 0 Å².